The zero-order chi connectivity index (χ0) is 36.8. The van der Waals surface area contributed by atoms with Crippen molar-refractivity contribution in [3.05, 3.63) is 86.1 Å². The van der Waals surface area contributed by atoms with Gasteiger partial charge in [-0.05, 0) is 80.9 Å². The molecule has 13 heteroatoms. The number of allylic oxidation sites excluding steroid dienone is 2. The van der Waals surface area contributed by atoms with Crippen LogP contribution >= 0.6 is 21.6 Å². The maximum absolute atomic E-state index is 13.8. The molecule has 7 rings (SSSR count). The Morgan fingerprint density at radius 3 is 2.81 bits per heavy atom. The molecule has 0 unspecified atom stereocenters. The fourth-order valence-electron chi connectivity index (χ4n) is 8.23. The monoisotopic (exact) mass is 749 g/mol. The molecule has 11 nitrogen and oxygen atoms in total. The second-order valence-corrected chi connectivity index (χ2v) is 17.3. The van der Waals surface area contributed by atoms with Crippen LogP contribution in [0.15, 0.2) is 73.8 Å². The van der Waals surface area contributed by atoms with Crippen LogP contribution in [-0.4, -0.2) is 82.0 Å². The number of hydrogen-bond acceptors (Lipinski definition) is 12. The van der Waals surface area contributed by atoms with E-state index in [2.05, 4.69) is 11.4 Å². The van der Waals surface area contributed by atoms with Crippen LogP contribution < -0.4 is 21.4 Å². The van der Waals surface area contributed by atoms with Crippen molar-refractivity contribution < 1.29 is 33.7 Å². The van der Waals surface area contributed by atoms with E-state index >= 15 is 0 Å². The highest BCUT2D eigenvalue weighted by atomic mass is 33.1. The summed E-state index contributed by atoms with van der Waals surface area (Å²) in [5.41, 5.74) is 8.75. The Kier molecular flexibility index (Phi) is 10.3. The Balaban J connectivity index is 1.38. The summed E-state index contributed by atoms with van der Waals surface area (Å²) in [7, 11) is 3.54. The van der Waals surface area contributed by atoms with Crippen LogP contribution in [0.5, 0.6) is 5.75 Å². The Morgan fingerprint density at radius 2 is 2.08 bits per heavy atom. The maximum atomic E-state index is 13.8. The van der Waals surface area contributed by atoms with Gasteiger partial charge in [0.2, 0.25) is 5.91 Å². The number of fused-ring (bicyclic) bond motifs is 6. The highest BCUT2D eigenvalue weighted by molar-refractivity contribution is 8.76. The fourth-order valence-corrected chi connectivity index (χ4v) is 10.8. The van der Waals surface area contributed by atoms with E-state index in [1.54, 1.807) is 53.6 Å². The lowest BCUT2D eigenvalue weighted by Crippen LogP contribution is -2.65. The average Bonchev–Trinajstić information content (AvgIpc) is 3.47. The zero-order valence-electron chi connectivity index (χ0n) is 29.9. The molecule has 1 aromatic heterocycles. The van der Waals surface area contributed by atoms with Gasteiger partial charge in [0.05, 0.1) is 18.2 Å². The number of hydrogen-bond donors (Lipinski definition) is 4. The summed E-state index contributed by atoms with van der Waals surface area (Å²) in [5, 5.41) is 23.3. The molecule has 1 aliphatic carbocycles. The fraction of sp³-hybridized carbons (Fsp3) is 0.513. The molecule has 0 bridgehead atoms. The number of rotatable bonds is 7. The summed E-state index contributed by atoms with van der Waals surface area (Å²) in [6.07, 6.45) is 8.49. The molecule has 5 aliphatic rings. The number of aliphatic hydroxyl groups is 2. The minimum atomic E-state index is -1.16. The smallest absolute Gasteiger partial charge is 0.339 e. The Bertz CT molecular complexity index is 1970. The largest absolute Gasteiger partial charge is 0.481 e. The highest BCUT2D eigenvalue weighted by Gasteiger charge is 2.64. The number of carbonyl (C=O) groups excluding carboxylic acids is 2. The van der Waals surface area contributed by atoms with Crippen molar-refractivity contribution in [2.24, 2.45) is 17.6 Å². The summed E-state index contributed by atoms with van der Waals surface area (Å²) >= 11 is 0. The van der Waals surface area contributed by atoms with Crippen molar-refractivity contribution in [1.29, 1.82) is 0 Å². The third kappa shape index (κ3) is 6.58. The van der Waals surface area contributed by atoms with Crippen molar-refractivity contribution in [3.8, 4) is 5.75 Å². The van der Waals surface area contributed by atoms with Crippen molar-refractivity contribution in [1.82, 2.24) is 10.2 Å². The first-order valence-corrected chi connectivity index (χ1v) is 20.5. The second-order valence-electron chi connectivity index (χ2n) is 14.8. The van der Waals surface area contributed by atoms with Gasteiger partial charge in [-0.15, -0.1) is 0 Å². The van der Waals surface area contributed by atoms with Crippen LogP contribution in [0.3, 0.4) is 0 Å². The summed E-state index contributed by atoms with van der Waals surface area (Å²) in [5.74, 6) is 1.52. The van der Waals surface area contributed by atoms with Crippen LogP contribution in [0.2, 0.25) is 0 Å². The van der Waals surface area contributed by atoms with Crippen molar-refractivity contribution in [2.75, 3.05) is 37.8 Å². The van der Waals surface area contributed by atoms with Gasteiger partial charge < -0.3 is 40.1 Å². The van der Waals surface area contributed by atoms with Crippen molar-refractivity contribution in [2.45, 2.75) is 76.5 Å². The van der Waals surface area contributed by atoms with Gasteiger partial charge in [-0.1, -0.05) is 39.3 Å². The van der Waals surface area contributed by atoms with Gasteiger partial charge in [0.1, 0.15) is 11.3 Å². The number of carbonyl (C=O) groups is 2. The van der Waals surface area contributed by atoms with Crippen LogP contribution in [0.4, 0.5) is 0 Å². The van der Waals surface area contributed by atoms with E-state index in [9.17, 15) is 24.6 Å². The molecule has 1 aromatic carbocycles. The molecule has 52 heavy (non-hydrogen) atoms. The highest BCUT2D eigenvalue weighted by Crippen LogP contribution is 2.57. The number of nitrogens with two attached hydrogens (primary N) is 1. The number of nitrogens with one attached hydrogen (secondary N) is 1. The van der Waals surface area contributed by atoms with Crippen LogP contribution in [0.1, 0.15) is 57.6 Å². The van der Waals surface area contributed by atoms with Gasteiger partial charge in [0.15, 0.2) is 11.2 Å². The molecule has 4 aliphatic heterocycles. The van der Waals surface area contributed by atoms with Gasteiger partial charge >= 0.3 is 11.6 Å². The third-order valence-electron chi connectivity index (χ3n) is 11.5. The molecule has 5 heterocycles. The molecule has 5 atom stereocenters. The van der Waals surface area contributed by atoms with E-state index in [4.69, 9.17) is 19.6 Å². The molecule has 1 fully saturated rings. The van der Waals surface area contributed by atoms with Crippen LogP contribution in [0.25, 0.3) is 11.0 Å². The van der Waals surface area contributed by atoms with Gasteiger partial charge in [0.25, 0.3) is 0 Å². The molecular formula is C39H47N3O8S2. The first-order chi connectivity index (χ1) is 25.0. The lowest BCUT2D eigenvalue weighted by molar-refractivity contribution is -0.186. The number of dihydropyridines is 1. The molecule has 278 valence electrons. The first-order valence-electron chi connectivity index (χ1n) is 18.0. The minimum absolute atomic E-state index is 0.0917. The predicted octanol–water partition coefficient (Wildman–Crippen LogP) is 4.30. The van der Waals surface area contributed by atoms with Crippen LogP contribution in [0, 0.1) is 11.8 Å². The number of esters is 1. The number of nitrogens with zero attached hydrogens (tertiary/aromatic N) is 1. The molecular weight excluding hydrogens is 703 g/mol. The number of ether oxygens (including phenoxy) is 2. The molecule has 0 radical (unpaired) electrons. The van der Waals surface area contributed by atoms with E-state index in [0.29, 0.717) is 65.2 Å². The second kappa shape index (κ2) is 14.6. The van der Waals surface area contributed by atoms with Crippen molar-refractivity contribution >= 4 is 44.4 Å². The number of aliphatic hydroxyl groups excluding tert-OH is 2. The van der Waals surface area contributed by atoms with E-state index in [0.717, 1.165) is 41.0 Å². The average molecular weight is 750 g/mol. The standard InChI is InChI=1S/C39H47N3O8S2/c1-4-22(2)36(46)50-38(3)8-5-24-20-51-52-21-29-6-9-42(29)34(45)14-28-18-41-33(40)15-30(28)35(24)39(38)17-27-13-25-12-26(11-23(19-44)7-10-43)37(47)48-31(25)16-32(27)49-39/h4-5,12-13,15-16,23,29,35,41,43-44H,6-11,14,17-21,40H2,1-3H3/b22-4+/t23-,29-,35-,38-,39-/m1/s1. The Hall–Kier alpha value is -3.65. The third-order valence-corrected chi connectivity index (χ3v) is 13.9. The SMILES string of the molecule is C/C=C(\C)C(=O)O[C@]1(C)CC=C2CSSC[C@H]3CCN3C(=O)CC3=C(C=C(N)NC3)[C@@H]2[C@]12Cc1cc3cc(C[C@H](CO)CCO)c(=O)oc3cc1O2. The van der Waals surface area contributed by atoms with Gasteiger partial charge in [-0.25, -0.2) is 9.59 Å². The van der Waals surface area contributed by atoms with Gasteiger partial charge in [-0.2, -0.15) is 0 Å². The molecule has 1 spiro atoms. The van der Waals surface area contributed by atoms with Crippen molar-refractivity contribution in [3.63, 3.8) is 0 Å². The first kappa shape index (κ1) is 36.7. The number of benzene rings is 1. The molecule has 1 amide bonds. The summed E-state index contributed by atoms with van der Waals surface area (Å²) in [6, 6.07) is 5.74. The summed E-state index contributed by atoms with van der Waals surface area (Å²) in [4.78, 5) is 42.6. The lowest BCUT2D eigenvalue weighted by atomic mass is 9.61. The lowest BCUT2D eigenvalue weighted by Gasteiger charge is -2.53. The predicted molar refractivity (Wildman–Crippen MR) is 203 cm³/mol. The van der Waals surface area contributed by atoms with E-state index in [-0.39, 0.29) is 43.9 Å². The van der Waals surface area contributed by atoms with Crippen LogP contribution in [-0.2, 0) is 27.2 Å². The summed E-state index contributed by atoms with van der Waals surface area (Å²) in [6.45, 7) is 6.38. The Morgan fingerprint density at radius 1 is 1.25 bits per heavy atom. The zero-order valence-corrected chi connectivity index (χ0v) is 31.5. The molecule has 5 N–H and O–H groups in total. The van der Waals surface area contributed by atoms with E-state index in [1.165, 1.54) is 0 Å². The molecule has 0 saturated carbocycles. The summed E-state index contributed by atoms with van der Waals surface area (Å²) < 4.78 is 19.6. The van der Waals surface area contributed by atoms with E-state index in [1.807, 2.05) is 24.0 Å². The Labute approximate surface area is 311 Å². The normalized spacial score (nSPS) is 28.1. The minimum Gasteiger partial charge on any atom is -0.481 e. The maximum Gasteiger partial charge on any atom is 0.339 e. The van der Waals surface area contributed by atoms with Gasteiger partial charge in [0, 0.05) is 79.3 Å². The number of amides is 1. The quantitative estimate of drug-likeness (QED) is 0.105. The molecule has 2 aromatic rings. The van der Waals surface area contributed by atoms with Gasteiger partial charge in [-0.3, -0.25) is 4.79 Å². The topological polar surface area (TPSA) is 165 Å². The molecule has 1 saturated heterocycles. The van der Waals surface area contributed by atoms with E-state index < -0.39 is 28.7 Å².